The number of benzene rings is 2. The minimum Gasteiger partial charge on any atom is -0.326 e. The van der Waals surface area contributed by atoms with Crippen molar-refractivity contribution in [3.05, 3.63) is 74.7 Å². The zero-order chi connectivity index (χ0) is 21.7. The molecule has 1 fully saturated rings. The molecule has 0 spiro atoms. The fourth-order valence-electron chi connectivity index (χ4n) is 2.80. The molecule has 0 bridgehead atoms. The summed E-state index contributed by atoms with van der Waals surface area (Å²) in [6.45, 7) is 2.24. The Morgan fingerprint density at radius 3 is 2.47 bits per heavy atom. The second-order valence-electron chi connectivity index (χ2n) is 6.53. The number of nitrogens with zero attached hydrogens (tertiary/aromatic N) is 2. The quantitative estimate of drug-likeness (QED) is 0.297. The van der Waals surface area contributed by atoms with Gasteiger partial charge in [-0.3, -0.25) is 24.6 Å². The lowest BCUT2D eigenvalue weighted by molar-refractivity contribution is -0.384. The van der Waals surface area contributed by atoms with Gasteiger partial charge in [-0.05, 0) is 35.8 Å². The Morgan fingerprint density at radius 1 is 1.20 bits per heavy atom. The Hall–Kier alpha value is -3.04. The number of nitrogens with one attached hydrogen (secondary N) is 1. The number of thiocarbonyl (C=S) groups is 1. The smallest absolute Gasteiger partial charge is 0.269 e. The van der Waals surface area contributed by atoms with Crippen LogP contribution in [-0.4, -0.2) is 32.5 Å². The normalized spacial score (nSPS) is 15.0. The Balaban J connectivity index is 1.57. The highest BCUT2D eigenvalue weighted by atomic mass is 32.2. The first kappa shape index (κ1) is 21.7. The molecule has 2 aromatic rings. The molecular formula is C21H19N3O4S2. The molecule has 1 heterocycles. The number of non-ortho nitro benzene ring substituents is 1. The summed E-state index contributed by atoms with van der Waals surface area (Å²) in [6, 6.07) is 13.5. The summed E-state index contributed by atoms with van der Waals surface area (Å²) in [5, 5.41) is 13.3. The molecule has 7 nitrogen and oxygen atoms in total. The Bertz CT molecular complexity index is 1020. The molecule has 1 saturated heterocycles. The molecule has 9 heteroatoms. The summed E-state index contributed by atoms with van der Waals surface area (Å²) in [7, 11) is 0. The van der Waals surface area contributed by atoms with Crippen molar-refractivity contribution in [1.82, 2.24) is 4.90 Å². The van der Waals surface area contributed by atoms with Crippen molar-refractivity contribution >= 4 is 57.6 Å². The Labute approximate surface area is 183 Å². The molecule has 1 N–H and O–H groups in total. The Morgan fingerprint density at radius 2 is 1.87 bits per heavy atom. The first-order valence-electron chi connectivity index (χ1n) is 9.26. The van der Waals surface area contributed by atoms with E-state index in [0.717, 1.165) is 12.0 Å². The van der Waals surface area contributed by atoms with Crippen molar-refractivity contribution in [1.29, 1.82) is 0 Å². The van der Waals surface area contributed by atoms with Gasteiger partial charge in [0.1, 0.15) is 4.32 Å². The van der Waals surface area contributed by atoms with E-state index in [-0.39, 0.29) is 30.5 Å². The number of hydrogen-bond acceptors (Lipinski definition) is 6. The molecule has 0 aromatic heterocycles. The first-order valence-corrected chi connectivity index (χ1v) is 10.5. The van der Waals surface area contributed by atoms with Crippen LogP contribution in [0.3, 0.4) is 0 Å². The number of anilines is 1. The number of carbonyl (C=O) groups is 2. The third kappa shape index (κ3) is 5.31. The first-order chi connectivity index (χ1) is 14.4. The van der Waals surface area contributed by atoms with Crippen molar-refractivity contribution in [3.63, 3.8) is 0 Å². The zero-order valence-electron chi connectivity index (χ0n) is 16.2. The summed E-state index contributed by atoms with van der Waals surface area (Å²) < 4.78 is 0.416. The van der Waals surface area contributed by atoms with Gasteiger partial charge in [0, 0.05) is 30.8 Å². The molecule has 2 amide bonds. The molecule has 30 heavy (non-hydrogen) atoms. The van der Waals surface area contributed by atoms with E-state index in [2.05, 4.69) is 12.2 Å². The van der Waals surface area contributed by atoms with Gasteiger partial charge in [0.25, 0.3) is 11.6 Å². The maximum atomic E-state index is 12.7. The van der Waals surface area contributed by atoms with Crippen molar-refractivity contribution in [3.8, 4) is 0 Å². The summed E-state index contributed by atoms with van der Waals surface area (Å²) >= 11 is 6.52. The second-order valence-corrected chi connectivity index (χ2v) is 8.21. The minimum atomic E-state index is -0.507. The minimum absolute atomic E-state index is 0.0540. The van der Waals surface area contributed by atoms with Gasteiger partial charge in [-0.15, -0.1) is 0 Å². The van der Waals surface area contributed by atoms with E-state index >= 15 is 0 Å². The van der Waals surface area contributed by atoms with Crippen LogP contribution in [0.2, 0.25) is 0 Å². The molecule has 2 aromatic carbocycles. The number of thioether (sulfide) groups is 1. The number of amides is 2. The van der Waals surface area contributed by atoms with E-state index in [1.165, 1.54) is 46.5 Å². The van der Waals surface area contributed by atoms with Gasteiger partial charge in [-0.1, -0.05) is 55.2 Å². The van der Waals surface area contributed by atoms with Gasteiger partial charge in [-0.25, -0.2) is 0 Å². The highest BCUT2D eigenvalue weighted by Crippen LogP contribution is 2.32. The largest absolute Gasteiger partial charge is 0.326 e. The standard InChI is InChI=1S/C21H19N3O4S2/c1-2-14-3-5-15(6-4-14)13-18-20(26)23(21(29)30-18)12-11-19(25)22-16-7-9-17(10-8-16)24(27)28/h3-10,13H,2,11-12H2,1H3,(H,22,25)/b18-13-. The van der Waals surface area contributed by atoms with Gasteiger partial charge in [0.2, 0.25) is 5.91 Å². The van der Waals surface area contributed by atoms with Gasteiger partial charge >= 0.3 is 0 Å². The molecule has 0 atom stereocenters. The average Bonchev–Trinajstić information content (AvgIpc) is 3.00. The van der Waals surface area contributed by atoms with Crippen LogP contribution in [0.1, 0.15) is 24.5 Å². The summed E-state index contributed by atoms with van der Waals surface area (Å²) in [6.07, 6.45) is 2.81. The van der Waals surface area contributed by atoms with E-state index in [1.807, 2.05) is 24.3 Å². The number of aryl methyl sites for hydroxylation is 1. The van der Waals surface area contributed by atoms with Crippen molar-refractivity contribution in [2.24, 2.45) is 0 Å². The maximum Gasteiger partial charge on any atom is 0.269 e. The third-order valence-electron chi connectivity index (χ3n) is 4.48. The number of hydrogen-bond donors (Lipinski definition) is 1. The lowest BCUT2D eigenvalue weighted by Crippen LogP contribution is -2.31. The second kappa shape index (κ2) is 9.64. The molecule has 154 valence electrons. The average molecular weight is 442 g/mol. The maximum absolute atomic E-state index is 12.7. The lowest BCUT2D eigenvalue weighted by Gasteiger charge is -2.14. The number of rotatable bonds is 7. The van der Waals surface area contributed by atoms with Gasteiger partial charge in [0.15, 0.2) is 0 Å². The summed E-state index contributed by atoms with van der Waals surface area (Å²) in [4.78, 5) is 37.0. The zero-order valence-corrected chi connectivity index (χ0v) is 17.8. The topological polar surface area (TPSA) is 92.6 Å². The van der Waals surface area contributed by atoms with Crippen LogP contribution in [0.5, 0.6) is 0 Å². The SMILES string of the molecule is CCc1ccc(/C=C2\SC(=S)N(CCC(=O)Nc3ccc([N+](=O)[O-])cc3)C2=O)cc1. The van der Waals surface area contributed by atoms with Crippen LogP contribution in [0.25, 0.3) is 6.08 Å². The van der Waals surface area contributed by atoms with E-state index in [1.54, 1.807) is 6.08 Å². The molecule has 0 aliphatic carbocycles. The van der Waals surface area contributed by atoms with Crippen LogP contribution < -0.4 is 5.32 Å². The molecule has 0 unspecified atom stereocenters. The van der Waals surface area contributed by atoms with E-state index in [9.17, 15) is 19.7 Å². The number of nitro benzene ring substituents is 1. The molecular weight excluding hydrogens is 422 g/mol. The molecule has 1 aliphatic rings. The van der Waals surface area contributed by atoms with Crippen LogP contribution in [-0.2, 0) is 16.0 Å². The predicted octanol–water partition coefficient (Wildman–Crippen LogP) is 4.39. The molecule has 0 saturated carbocycles. The molecule has 1 aliphatic heterocycles. The van der Waals surface area contributed by atoms with Crippen LogP contribution >= 0.6 is 24.0 Å². The molecule has 3 rings (SSSR count). The highest BCUT2D eigenvalue weighted by molar-refractivity contribution is 8.26. The van der Waals surface area contributed by atoms with Gasteiger partial charge < -0.3 is 5.32 Å². The fraction of sp³-hybridized carbons (Fsp3) is 0.190. The van der Waals surface area contributed by atoms with Gasteiger partial charge in [-0.2, -0.15) is 0 Å². The lowest BCUT2D eigenvalue weighted by atomic mass is 10.1. The predicted molar refractivity (Wildman–Crippen MR) is 122 cm³/mol. The van der Waals surface area contributed by atoms with Crippen LogP contribution in [0, 0.1) is 10.1 Å². The van der Waals surface area contributed by atoms with Crippen molar-refractivity contribution in [2.45, 2.75) is 19.8 Å². The van der Waals surface area contributed by atoms with Gasteiger partial charge in [0.05, 0.1) is 9.83 Å². The van der Waals surface area contributed by atoms with E-state index in [4.69, 9.17) is 12.2 Å². The number of carbonyl (C=O) groups excluding carboxylic acids is 2. The third-order valence-corrected chi connectivity index (χ3v) is 5.86. The van der Waals surface area contributed by atoms with Crippen LogP contribution in [0.15, 0.2) is 53.4 Å². The summed E-state index contributed by atoms with van der Waals surface area (Å²) in [5.74, 6) is -0.523. The highest BCUT2D eigenvalue weighted by Gasteiger charge is 2.32. The monoisotopic (exact) mass is 441 g/mol. The Kier molecular flexibility index (Phi) is 6.96. The number of nitro groups is 1. The van der Waals surface area contributed by atoms with E-state index in [0.29, 0.717) is 14.9 Å². The van der Waals surface area contributed by atoms with Crippen molar-refractivity contribution in [2.75, 3.05) is 11.9 Å². The van der Waals surface area contributed by atoms with E-state index < -0.39 is 4.92 Å². The van der Waals surface area contributed by atoms with Crippen molar-refractivity contribution < 1.29 is 14.5 Å². The molecule has 0 radical (unpaired) electrons. The fourth-order valence-corrected chi connectivity index (χ4v) is 4.11. The summed E-state index contributed by atoms with van der Waals surface area (Å²) in [5.41, 5.74) is 2.54. The van der Waals surface area contributed by atoms with Crippen LogP contribution in [0.4, 0.5) is 11.4 Å².